The van der Waals surface area contributed by atoms with Crippen molar-refractivity contribution in [2.24, 2.45) is 7.05 Å². The van der Waals surface area contributed by atoms with Gasteiger partial charge in [-0.05, 0) is 55.9 Å². The molecule has 1 N–H and O–H groups in total. The summed E-state index contributed by atoms with van der Waals surface area (Å²) in [6, 6.07) is 4.19. The molecule has 0 radical (unpaired) electrons. The minimum Gasteiger partial charge on any atom is -0.278 e. The molecule has 0 saturated carbocycles. The van der Waals surface area contributed by atoms with Gasteiger partial charge in [-0.2, -0.15) is 10.2 Å². The molecule has 0 fully saturated rings. The first-order valence-electron chi connectivity index (χ1n) is 8.50. The predicted octanol–water partition coefficient (Wildman–Crippen LogP) is 3.70. The third-order valence-electron chi connectivity index (χ3n) is 5.16. The van der Waals surface area contributed by atoms with E-state index in [2.05, 4.69) is 40.5 Å². The van der Waals surface area contributed by atoms with Gasteiger partial charge in [0.1, 0.15) is 0 Å². The Morgan fingerprint density at radius 1 is 1.12 bits per heavy atom. The maximum absolute atomic E-state index is 5.07. The molecule has 1 aliphatic rings. The van der Waals surface area contributed by atoms with Crippen molar-refractivity contribution in [1.29, 1.82) is 0 Å². The van der Waals surface area contributed by atoms with Crippen LogP contribution in [0.2, 0.25) is 0 Å². The van der Waals surface area contributed by atoms with Crippen molar-refractivity contribution in [3.05, 3.63) is 41.3 Å². The number of fused-ring (bicyclic) bond motifs is 5. The van der Waals surface area contributed by atoms with Gasteiger partial charge in [0.15, 0.2) is 0 Å². The van der Waals surface area contributed by atoms with E-state index in [0.717, 1.165) is 40.8 Å². The molecule has 24 heavy (non-hydrogen) atoms. The quantitative estimate of drug-likeness (QED) is 0.582. The van der Waals surface area contributed by atoms with Gasteiger partial charge in [0.25, 0.3) is 0 Å². The fraction of sp³-hybridized carbons (Fsp3) is 0.316. The summed E-state index contributed by atoms with van der Waals surface area (Å²) in [7, 11) is 1.97. The lowest BCUT2D eigenvalue weighted by Gasteiger charge is -2.21. The fourth-order valence-electron chi connectivity index (χ4n) is 4.10. The van der Waals surface area contributed by atoms with Crippen LogP contribution in [0, 0.1) is 6.92 Å². The molecular weight excluding hydrogens is 298 g/mol. The summed E-state index contributed by atoms with van der Waals surface area (Å²) in [5.74, 6) is 0. The minimum atomic E-state index is 1.04. The van der Waals surface area contributed by atoms with E-state index in [0.29, 0.717) is 0 Å². The van der Waals surface area contributed by atoms with Gasteiger partial charge in [-0.3, -0.25) is 9.78 Å². The number of H-pyrrole nitrogens is 1. The molecule has 3 aromatic heterocycles. The summed E-state index contributed by atoms with van der Waals surface area (Å²) >= 11 is 0. The molecule has 5 rings (SSSR count). The summed E-state index contributed by atoms with van der Waals surface area (Å²) < 4.78 is 1.88. The van der Waals surface area contributed by atoms with Crippen LogP contribution in [0.15, 0.2) is 24.5 Å². The minimum absolute atomic E-state index is 1.04. The number of nitrogens with zero attached hydrogens (tertiary/aromatic N) is 4. The second-order valence-electron chi connectivity index (χ2n) is 6.72. The molecule has 0 bridgehead atoms. The molecule has 0 aliphatic heterocycles. The summed E-state index contributed by atoms with van der Waals surface area (Å²) in [5, 5.41) is 14.3. The molecule has 5 heteroatoms. The van der Waals surface area contributed by atoms with E-state index in [4.69, 9.17) is 4.98 Å². The van der Waals surface area contributed by atoms with Crippen molar-refractivity contribution in [2.45, 2.75) is 32.6 Å². The highest BCUT2D eigenvalue weighted by Gasteiger charge is 2.22. The molecule has 0 spiro atoms. The van der Waals surface area contributed by atoms with E-state index in [1.807, 2.05) is 17.9 Å². The van der Waals surface area contributed by atoms with Gasteiger partial charge in [0, 0.05) is 29.6 Å². The number of pyridine rings is 1. The SMILES string of the molecule is Cc1nn(C)cc1-c1nc2ccc3[nH]ncc3c2c2c1CCCC2. The first-order chi connectivity index (χ1) is 11.7. The van der Waals surface area contributed by atoms with Gasteiger partial charge in [-0.15, -0.1) is 0 Å². The van der Waals surface area contributed by atoms with Gasteiger partial charge in [0.2, 0.25) is 0 Å². The summed E-state index contributed by atoms with van der Waals surface area (Å²) in [6.07, 6.45) is 8.71. The predicted molar refractivity (Wildman–Crippen MR) is 95.0 cm³/mol. The number of aryl methyl sites for hydroxylation is 3. The Morgan fingerprint density at radius 3 is 2.75 bits per heavy atom. The average molecular weight is 317 g/mol. The first kappa shape index (κ1) is 13.7. The number of hydrogen-bond acceptors (Lipinski definition) is 3. The molecule has 120 valence electrons. The van der Waals surface area contributed by atoms with E-state index in [1.165, 1.54) is 34.7 Å². The maximum atomic E-state index is 5.07. The topological polar surface area (TPSA) is 59.4 Å². The van der Waals surface area contributed by atoms with Crippen LogP contribution in [0.5, 0.6) is 0 Å². The number of benzene rings is 1. The maximum Gasteiger partial charge on any atom is 0.0778 e. The summed E-state index contributed by atoms with van der Waals surface area (Å²) in [6.45, 7) is 2.07. The van der Waals surface area contributed by atoms with Gasteiger partial charge in [-0.25, -0.2) is 4.98 Å². The van der Waals surface area contributed by atoms with Gasteiger partial charge in [0.05, 0.1) is 28.6 Å². The number of rotatable bonds is 1. The van der Waals surface area contributed by atoms with Crippen LogP contribution in [-0.2, 0) is 19.9 Å². The standard InChI is InChI=1S/C19H19N5/c1-11-15(10-24(2)23-11)19-13-6-4-3-5-12(13)18-14-9-20-22-16(14)7-8-17(18)21-19/h7-10H,3-6H2,1-2H3,(H,20,22). The van der Waals surface area contributed by atoms with Gasteiger partial charge in [-0.1, -0.05) is 0 Å². The van der Waals surface area contributed by atoms with Crippen molar-refractivity contribution in [1.82, 2.24) is 25.0 Å². The Morgan fingerprint density at radius 2 is 1.96 bits per heavy atom. The van der Waals surface area contributed by atoms with E-state index < -0.39 is 0 Å². The molecular formula is C19H19N5. The highest BCUT2D eigenvalue weighted by atomic mass is 15.2. The summed E-state index contributed by atoms with van der Waals surface area (Å²) in [5.41, 5.74) is 8.32. The molecule has 1 aliphatic carbocycles. The third kappa shape index (κ3) is 1.84. The smallest absolute Gasteiger partial charge is 0.0778 e. The Balaban J connectivity index is 1.92. The number of aromatic amines is 1. The van der Waals surface area contributed by atoms with E-state index >= 15 is 0 Å². The van der Waals surface area contributed by atoms with E-state index in [1.54, 1.807) is 0 Å². The van der Waals surface area contributed by atoms with Crippen LogP contribution < -0.4 is 0 Å². The second kappa shape index (κ2) is 4.90. The summed E-state index contributed by atoms with van der Waals surface area (Å²) in [4.78, 5) is 5.07. The van der Waals surface area contributed by atoms with Crippen LogP contribution in [0.1, 0.15) is 29.7 Å². The van der Waals surface area contributed by atoms with Crippen LogP contribution in [-0.4, -0.2) is 25.0 Å². The molecule has 0 saturated heterocycles. The van der Waals surface area contributed by atoms with Gasteiger partial charge >= 0.3 is 0 Å². The molecule has 3 heterocycles. The Kier molecular flexibility index (Phi) is 2.80. The van der Waals surface area contributed by atoms with Crippen molar-refractivity contribution in [2.75, 3.05) is 0 Å². The Labute approximate surface area is 139 Å². The second-order valence-corrected chi connectivity index (χ2v) is 6.72. The largest absolute Gasteiger partial charge is 0.278 e. The van der Waals surface area contributed by atoms with Crippen molar-refractivity contribution >= 4 is 21.8 Å². The molecule has 0 amide bonds. The molecule has 0 unspecified atom stereocenters. The Hall–Kier alpha value is -2.69. The zero-order valence-corrected chi connectivity index (χ0v) is 13.9. The number of aromatic nitrogens is 5. The number of nitrogens with one attached hydrogen (secondary N) is 1. The highest BCUT2D eigenvalue weighted by molar-refractivity contribution is 6.07. The fourth-order valence-corrected chi connectivity index (χ4v) is 4.10. The van der Waals surface area contributed by atoms with Crippen LogP contribution >= 0.6 is 0 Å². The van der Waals surface area contributed by atoms with Crippen LogP contribution in [0.3, 0.4) is 0 Å². The molecule has 0 atom stereocenters. The van der Waals surface area contributed by atoms with Crippen LogP contribution in [0.4, 0.5) is 0 Å². The Bertz CT molecular complexity index is 1090. The first-order valence-corrected chi connectivity index (χ1v) is 8.50. The van der Waals surface area contributed by atoms with E-state index in [-0.39, 0.29) is 0 Å². The lowest BCUT2D eigenvalue weighted by Crippen LogP contribution is -2.08. The average Bonchev–Trinajstić information content (AvgIpc) is 3.19. The van der Waals surface area contributed by atoms with Crippen molar-refractivity contribution < 1.29 is 0 Å². The zero-order chi connectivity index (χ0) is 16.3. The lowest BCUT2D eigenvalue weighted by molar-refractivity contribution is 0.689. The molecule has 4 aromatic rings. The number of hydrogen-bond donors (Lipinski definition) is 1. The van der Waals surface area contributed by atoms with E-state index in [9.17, 15) is 0 Å². The van der Waals surface area contributed by atoms with Crippen molar-refractivity contribution in [3.8, 4) is 11.3 Å². The molecule has 1 aromatic carbocycles. The normalized spacial score (nSPS) is 14.4. The third-order valence-corrected chi connectivity index (χ3v) is 5.16. The van der Waals surface area contributed by atoms with Crippen molar-refractivity contribution in [3.63, 3.8) is 0 Å². The lowest BCUT2D eigenvalue weighted by atomic mass is 9.85. The van der Waals surface area contributed by atoms with Crippen LogP contribution in [0.25, 0.3) is 33.1 Å². The monoisotopic (exact) mass is 317 g/mol. The highest BCUT2D eigenvalue weighted by Crippen LogP contribution is 2.38. The zero-order valence-electron chi connectivity index (χ0n) is 13.9. The van der Waals surface area contributed by atoms with Gasteiger partial charge < -0.3 is 0 Å². The molecule has 5 nitrogen and oxygen atoms in total.